The first-order chi connectivity index (χ1) is 8.60. The molecule has 0 aliphatic heterocycles. The van der Waals surface area contributed by atoms with Crippen molar-refractivity contribution < 1.29 is 8.81 Å². The van der Waals surface area contributed by atoms with Crippen LogP contribution >= 0.6 is 11.8 Å². The summed E-state index contributed by atoms with van der Waals surface area (Å²) in [5, 5.41) is 0.642. The third-order valence-corrected chi connectivity index (χ3v) is 3.60. The van der Waals surface area contributed by atoms with Crippen LogP contribution in [0.5, 0.6) is 0 Å². The maximum atomic E-state index is 13.3. The highest BCUT2D eigenvalue weighted by molar-refractivity contribution is 7.98. The minimum atomic E-state index is -0.255. The van der Waals surface area contributed by atoms with Gasteiger partial charge in [-0.1, -0.05) is 23.9 Å². The Hall–Kier alpha value is -1.33. The van der Waals surface area contributed by atoms with Gasteiger partial charge in [0.2, 0.25) is 0 Å². The fourth-order valence-corrected chi connectivity index (χ4v) is 2.38. The van der Waals surface area contributed by atoms with E-state index in [4.69, 9.17) is 10.2 Å². The highest BCUT2D eigenvalue weighted by Crippen LogP contribution is 2.24. The predicted octanol–water partition coefficient (Wildman–Crippen LogP) is 3.18. The van der Waals surface area contributed by atoms with Crippen LogP contribution in [0.15, 0.2) is 27.8 Å². The van der Waals surface area contributed by atoms with Crippen LogP contribution in [0.4, 0.5) is 4.39 Å². The fraction of sp³-hybridized carbons (Fsp3) is 0.308. The highest BCUT2D eigenvalue weighted by Gasteiger charge is 2.07. The Kier molecular flexibility index (Phi) is 4.04. The Balaban J connectivity index is 2.06. The Labute approximate surface area is 110 Å². The van der Waals surface area contributed by atoms with E-state index in [0.29, 0.717) is 16.5 Å². The maximum Gasteiger partial charge on any atom is 0.256 e. The molecule has 3 nitrogen and oxygen atoms in total. The summed E-state index contributed by atoms with van der Waals surface area (Å²) in [6.07, 6.45) is 0. The summed E-state index contributed by atoms with van der Waals surface area (Å²) in [6.45, 7) is 4.01. The molecule has 96 valence electrons. The molecule has 5 heteroatoms. The number of halogens is 1. The molecule has 18 heavy (non-hydrogen) atoms. The summed E-state index contributed by atoms with van der Waals surface area (Å²) >= 11 is 1.49. The zero-order valence-corrected chi connectivity index (χ0v) is 11.2. The quantitative estimate of drug-likeness (QED) is 0.863. The van der Waals surface area contributed by atoms with E-state index < -0.39 is 0 Å². The first-order valence-corrected chi connectivity index (χ1v) is 6.63. The van der Waals surface area contributed by atoms with Gasteiger partial charge in [0, 0.05) is 17.9 Å². The van der Waals surface area contributed by atoms with Crippen LogP contribution < -0.4 is 5.73 Å². The van der Waals surface area contributed by atoms with Crippen LogP contribution in [0.2, 0.25) is 0 Å². The normalized spacial score (nSPS) is 10.9. The van der Waals surface area contributed by atoms with Gasteiger partial charge in [-0.3, -0.25) is 0 Å². The second-order valence-electron chi connectivity index (χ2n) is 4.04. The van der Waals surface area contributed by atoms with Crippen molar-refractivity contribution in [3.63, 3.8) is 0 Å². The molecule has 0 aliphatic carbocycles. The average molecular weight is 266 g/mol. The van der Waals surface area contributed by atoms with Gasteiger partial charge in [0.15, 0.2) is 0 Å². The number of oxazole rings is 1. The second-order valence-corrected chi connectivity index (χ2v) is 4.97. The molecule has 1 heterocycles. The standard InChI is InChI=1S/C13H15FN2OS/c1-8-9(2)17-13(16-8)18-7-10-3-4-12(14)11(5-10)6-15/h3-5H,6-7,15H2,1-2H3. The zero-order valence-electron chi connectivity index (χ0n) is 10.4. The first kappa shape index (κ1) is 13.1. The van der Waals surface area contributed by atoms with Crippen molar-refractivity contribution in [1.82, 2.24) is 4.98 Å². The summed E-state index contributed by atoms with van der Waals surface area (Å²) < 4.78 is 18.7. The van der Waals surface area contributed by atoms with Crippen LogP contribution in [0.25, 0.3) is 0 Å². The molecule has 2 aromatic rings. The van der Waals surface area contributed by atoms with Crippen molar-refractivity contribution >= 4 is 11.8 Å². The molecule has 0 amide bonds. The lowest BCUT2D eigenvalue weighted by Gasteiger charge is -2.03. The molecule has 0 spiro atoms. The smallest absolute Gasteiger partial charge is 0.256 e. The highest BCUT2D eigenvalue weighted by atomic mass is 32.2. The van der Waals surface area contributed by atoms with Crippen molar-refractivity contribution in [1.29, 1.82) is 0 Å². The van der Waals surface area contributed by atoms with E-state index in [0.717, 1.165) is 17.0 Å². The Morgan fingerprint density at radius 2 is 2.17 bits per heavy atom. The van der Waals surface area contributed by atoms with Crippen molar-refractivity contribution in [2.24, 2.45) is 5.73 Å². The number of rotatable bonds is 4. The van der Waals surface area contributed by atoms with Gasteiger partial charge in [-0.15, -0.1) is 0 Å². The van der Waals surface area contributed by atoms with Crippen LogP contribution in [0.3, 0.4) is 0 Å². The van der Waals surface area contributed by atoms with E-state index in [1.165, 1.54) is 17.8 Å². The lowest BCUT2D eigenvalue weighted by molar-refractivity contribution is 0.431. The molecule has 0 saturated carbocycles. The number of benzene rings is 1. The largest absolute Gasteiger partial charge is 0.437 e. The van der Waals surface area contributed by atoms with E-state index in [1.807, 2.05) is 13.8 Å². The second kappa shape index (κ2) is 5.54. The summed E-state index contributed by atoms with van der Waals surface area (Å²) in [5.74, 6) is 1.26. The van der Waals surface area contributed by atoms with E-state index in [9.17, 15) is 4.39 Å². The zero-order chi connectivity index (χ0) is 13.1. The number of nitrogens with zero attached hydrogens (tertiary/aromatic N) is 1. The number of nitrogens with two attached hydrogens (primary N) is 1. The predicted molar refractivity (Wildman–Crippen MR) is 69.8 cm³/mol. The minimum absolute atomic E-state index is 0.210. The lowest BCUT2D eigenvalue weighted by Crippen LogP contribution is -2.00. The van der Waals surface area contributed by atoms with Crippen LogP contribution in [-0.2, 0) is 12.3 Å². The molecule has 1 aromatic heterocycles. The molecule has 0 saturated heterocycles. The number of hydrogen-bond acceptors (Lipinski definition) is 4. The Bertz CT molecular complexity index is 534. The average Bonchev–Trinajstić information content (AvgIpc) is 2.68. The van der Waals surface area contributed by atoms with Gasteiger partial charge in [-0.2, -0.15) is 0 Å². The summed E-state index contributed by atoms with van der Waals surface area (Å²) in [7, 11) is 0. The number of thioether (sulfide) groups is 1. The summed E-state index contributed by atoms with van der Waals surface area (Å²) in [6, 6.07) is 4.99. The molecule has 0 radical (unpaired) electrons. The molecule has 2 N–H and O–H groups in total. The third kappa shape index (κ3) is 2.91. The summed E-state index contributed by atoms with van der Waals surface area (Å²) in [4.78, 5) is 4.28. The van der Waals surface area contributed by atoms with Crippen molar-refractivity contribution in [2.45, 2.75) is 31.4 Å². The molecule has 2 rings (SSSR count). The molecule has 1 aromatic carbocycles. The van der Waals surface area contributed by atoms with E-state index in [2.05, 4.69) is 4.98 Å². The Morgan fingerprint density at radius 1 is 1.39 bits per heavy atom. The lowest BCUT2D eigenvalue weighted by atomic mass is 10.1. The van der Waals surface area contributed by atoms with Gasteiger partial charge in [0.1, 0.15) is 11.6 Å². The maximum absolute atomic E-state index is 13.3. The molecule has 0 bridgehead atoms. The summed E-state index contributed by atoms with van der Waals surface area (Å²) in [5.41, 5.74) is 7.92. The van der Waals surface area contributed by atoms with E-state index in [1.54, 1.807) is 12.1 Å². The number of hydrogen-bond donors (Lipinski definition) is 1. The molecule has 0 aliphatic rings. The Morgan fingerprint density at radius 3 is 2.78 bits per heavy atom. The van der Waals surface area contributed by atoms with Gasteiger partial charge < -0.3 is 10.2 Å². The fourth-order valence-electron chi connectivity index (χ4n) is 1.52. The van der Waals surface area contributed by atoms with E-state index in [-0.39, 0.29) is 12.4 Å². The number of aryl methyl sites for hydroxylation is 2. The molecule has 0 unspecified atom stereocenters. The first-order valence-electron chi connectivity index (χ1n) is 5.64. The van der Waals surface area contributed by atoms with Gasteiger partial charge in [-0.25, -0.2) is 9.37 Å². The topological polar surface area (TPSA) is 52.0 Å². The minimum Gasteiger partial charge on any atom is -0.437 e. The molecular weight excluding hydrogens is 251 g/mol. The van der Waals surface area contributed by atoms with Crippen molar-refractivity contribution in [3.8, 4) is 0 Å². The molecule has 0 fully saturated rings. The van der Waals surface area contributed by atoms with Gasteiger partial charge in [-0.05, 0) is 25.5 Å². The van der Waals surface area contributed by atoms with Crippen molar-refractivity contribution in [3.05, 3.63) is 46.6 Å². The third-order valence-electron chi connectivity index (χ3n) is 2.70. The van der Waals surface area contributed by atoms with Crippen LogP contribution in [0, 0.1) is 19.7 Å². The van der Waals surface area contributed by atoms with Crippen molar-refractivity contribution in [2.75, 3.05) is 0 Å². The monoisotopic (exact) mass is 266 g/mol. The number of aromatic nitrogens is 1. The van der Waals surface area contributed by atoms with Crippen LogP contribution in [-0.4, -0.2) is 4.98 Å². The van der Waals surface area contributed by atoms with Gasteiger partial charge in [0.25, 0.3) is 5.22 Å². The van der Waals surface area contributed by atoms with Gasteiger partial charge >= 0.3 is 0 Å². The molecule has 0 atom stereocenters. The molecular formula is C13H15FN2OS. The van der Waals surface area contributed by atoms with Crippen LogP contribution in [0.1, 0.15) is 22.6 Å². The van der Waals surface area contributed by atoms with Gasteiger partial charge in [0.05, 0.1) is 5.69 Å². The SMILES string of the molecule is Cc1nc(SCc2ccc(F)c(CN)c2)oc1C. The van der Waals surface area contributed by atoms with E-state index >= 15 is 0 Å².